The summed E-state index contributed by atoms with van der Waals surface area (Å²) in [5.41, 5.74) is 4.33. The summed E-state index contributed by atoms with van der Waals surface area (Å²) in [7, 11) is 0. The molecule has 3 rings (SSSR count). The Morgan fingerprint density at radius 3 is 2.62 bits per heavy atom. The second kappa shape index (κ2) is 7.84. The SMILES string of the molecule is Cc1ccc(CNC(=O)CCc2nc(-c3ccncc3)cs2)cc1. The molecule has 122 valence electrons. The highest BCUT2D eigenvalue weighted by Gasteiger charge is 2.07. The van der Waals surface area contributed by atoms with E-state index in [2.05, 4.69) is 34.3 Å². The van der Waals surface area contributed by atoms with E-state index in [1.54, 1.807) is 23.7 Å². The number of rotatable bonds is 6. The molecule has 0 aliphatic rings. The number of amides is 1. The average molecular weight is 337 g/mol. The highest BCUT2D eigenvalue weighted by atomic mass is 32.1. The third-order valence-corrected chi connectivity index (χ3v) is 4.61. The summed E-state index contributed by atoms with van der Waals surface area (Å²) < 4.78 is 0. The van der Waals surface area contributed by atoms with Crippen molar-refractivity contribution in [1.82, 2.24) is 15.3 Å². The molecule has 0 fully saturated rings. The van der Waals surface area contributed by atoms with Gasteiger partial charge in [-0.05, 0) is 24.6 Å². The summed E-state index contributed by atoms with van der Waals surface area (Å²) in [6.07, 6.45) is 4.63. The van der Waals surface area contributed by atoms with Gasteiger partial charge in [0.1, 0.15) is 0 Å². The molecule has 2 aromatic heterocycles. The summed E-state index contributed by atoms with van der Waals surface area (Å²) >= 11 is 1.59. The van der Waals surface area contributed by atoms with Gasteiger partial charge in [0.15, 0.2) is 0 Å². The summed E-state index contributed by atoms with van der Waals surface area (Å²) in [4.78, 5) is 20.6. The van der Waals surface area contributed by atoms with Gasteiger partial charge in [-0.1, -0.05) is 29.8 Å². The van der Waals surface area contributed by atoms with Crippen LogP contribution in [0.3, 0.4) is 0 Å². The lowest BCUT2D eigenvalue weighted by Gasteiger charge is -2.05. The summed E-state index contributed by atoms with van der Waals surface area (Å²) in [5, 5.41) is 5.96. The van der Waals surface area contributed by atoms with E-state index in [9.17, 15) is 4.79 Å². The molecule has 2 heterocycles. The number of aryl methyl sites for hydroxylation is 2. The molecule has 0 bridgehead atoms. The molecule has 1 aromatic carbocycles. The summed E-state index contributed by atoms with van der Waals surface area (Å²) in [6.45, 7) is 2.62. The van der Waals surface area contributed by atoms with Gasteiger partial charge in [0, 0.05) is 42.7 Å². The molecule has 3 aromatic rings. The topological polar surface area (TPSA) is 54.9 Å². The number of thiazole rings is 1. The lowest BCUT2D eigenvalue weighted by atomic mass is 10.1. The van der Waals surface area contributed by atoms with Gasteiger partial charge in [-0.25, -0.2) is 4.98 Å². The average Bonchev–Trinajstić information content (AvgIpc) is 3.09. The van der Waals surface area contributed by atoms with Crippen molar-refractivity contribution in [3.8, 4) is 11.3 Å². The first-order valence-electron chi connectivity index (χ1n) is 7.88. The van der Waals surface area contributed by atoms with Gasteiger partial charge in [-0.2, -0.15) is 0 Å². The Morgan fingerprint density at radius 2 is 1.88 bits per heavy atom. The molecule has 0 unspecified atom stereocenters. The summed E-state index contributed by atoms with van der Waals surface area (Å²) in [6, 6.07) is 12.1. The maximum atomic E-state index is 12.0. The third kappa shape index (κ3) is 4.49. The van der Waals surface area contributed by atoms with E-state index in [0.717, 1.165) is 21.8 Å². The number of hydrogen-bond donors (Lipinski definition) is 1. The van der Waals surface area contributed by atoms with Crippen molar-refractivity contribution < 1.29 is 4.79 Å². The van der Waals surface area contributed by atoms with Crippen molar-refractivity contribution in [2.75, 3.05) is 0 Å². The normalized spacial score (nSPS) is 10.5. The first kappa shape index (κ1) is 16.3. The van der Waals surface area contributed by atoms with E-state index in [-0.39, 0.29) is 5.91 Å². The minimum atomic E-state index is 0.0521. The molecule has 0 saturated heterocycles. The molecule has 0 saturated carbocycles. The number of nitrogens with one attached hydrogen (secondary N) is 1. The first-order valence-corrected chi connectivity index (χ1v) is 8.76. The third-order valence-electron chi connectivity index (χ3n) is 3.70. The fourth-order valence-corrected chi connectivity index (χ4v) is 3.10. The maximum Gasteiger partial charge on any atom is 0.220 e. The van der Waals surface area contributed by atoms with Crippen LogP contribution in [0.15, 0.2) is 54.2 Å². The van der Waals surface area contributed by atoms with E-state index >= 15 is 0 Å². The van der Waals surface area contributed by atoms with Gasteiger partial charge in [-0.3, -0.25) is 9.78 Å². The van der Waals surface area contributed by atoms with Crippen molar-refractivity contribution in [2.24, 2.45) is 0 Å². The molecule has 0 radical (unpaired) electrons. The number of carbonyl (C=O) groups is 1. The number of carbonyl (C=O) groups excluding carboxylic acids is 1. The fourth-order valence-electron chi connectivity index (χ4n) is 2.30. The predicted molar refractivity (Wildman–Crippen MR) is 96.7 cm³/mol. The lowest BCUT2D eigenvalue weighted by Crippen LogP contribution is -2.22. The van der Waals surface area contributed by atoms with E-state index < -0.39 is 0 Å². The Balaban J connectivity index is 1.48. The Labute approximate surface area is 145 Å². The van der Waals surface area contributed by atoms with Crippen molar-refractivity contribution in [1.29, 1.82) is 0 Å². The number of hydrogen-bond acceptors (Lipinski definition) is 4. The molecule has 1 amide bonds. The Kier molecular flexibility index (Phi) is 5.33. The van der Waals surface area contributed by atoms with Crippen LogP contribution in [0.2, 0.25) is 0 Å². The van der Waals surface area contributed by atoms with E-state index in [4.69, 9.17) is 0 Å². The molecule has 5 heteroatoms. The van der Waals surface area contributed by atoms with Crippen LogP contribution in [-0.4, -0.2) is 15.9 Å². The van der Waals surface area contributed by atoms with E-state index in [1.807, 2.05) is 29.6 Å². The molecule has 0 spiro atoms. The zero-order valence-corrected chi connectivity index (χ0v) is 14.3. The zero-order valence-electron chi connectivity index (χ0n) is 13.5. The van der Waals surface area contributed by atoms with Gasteiger partial charge in [0.25, 0.3) is 0 Å². The minimum absolute atomic E-state index is 0.0521. The smallest absolute Gasteiger partial charge is 0.220 e. The van der Waals surface area contributed by atoms with Gasteiger partial charge in [-0.15, -0.1) is 11.3 Å². The highest BCUT2D eigenvalue weighted by molar-refractivity contribution is 7.09. The van der Waals surface area contributed by atoms with Gasteiger partial charge in [0.2, 0.25) is 5.91 Å². The second-order valence-corrected chi connectivity index (χ2v) is 6.57. The van der Waals surface area contributed by atoms with Crippen LogP contribution in [0.25, 0.3) is 11.3 Å². The number of benzene rings is 1. The maximum absolute atomic E-state index is 12.0. The van der Waals surface area contributed by atoms with Crippen molar-refractivity contribution in [3.05, 3.63) is 70.3 Å². The number of aromatic nitrogens is 2. The zero-order chi connectivity index (χ0) is 16.8. The lowest BCUT2D eigenvalue weighted by molar-refractivity contribution is -0.121. The predicted octanol–water partition coefficient (Wildman–Crippen LogP) is 3.76. The Morgan fingerprint density at radius 1 is 1.12 bits per heavy atom. The monoisotopic (exact) mass is 337 g/mol. The minimum Gasteiger partial charge on any atom is -0.352 e. The Bertz CT molecular complexity index is 797. The van der Waals surface area contributed by atoms with Gasteiger partial charge >= 0.3 is 0 Å². The highest BCUT2D eigenvalue weighted by Crippen LogP contribution is 2.21. The van der Waals surface area contributed by atoms with E-state index in [0.29, 0.717) is 19.4 Å². The fraction of sp³-hybridized carbons (Fsp3) is 0.211. The van der Waals surface area contributed by atoms with Crippen LogP contribution in [0.5, 0.6) is 0 Å². The van der Waals surface area contributed by atoms with Crippen LogP contribution < -0.4 is 5.32 Å². The van der Waals surface area contributed by atoms with Crippen molar-refractivity contribution in [2.45, 2.75) is 26.3 Å². The molecular formula is C19H19N3OS. The van der Waals surface area contributed by atoms with Crippen LogP contribution in [-0.2, 0) is 17.8 Å². The molecule has 0 atom stereocenters. The molecule has 0 aliphatic heterocycles. The standard InChI is InChI=1S/C19H19N3OS/c1-14-2-4-15(5-3-14)12-21-18(23)6-7-19-22-17(13-24-19)16-8-10-20-11-9-16/h2-5,8-11,13H,6-7,12H2,1H3,(H,21,23). The van der Waals surface area contributed by atoms with Crippen molar-refractivity contribution >= 4 is 17.2 Å². The second-order valence-electron chi connectivity index (χ2n) is 5.62. The summed E-state index contributed by atoms with van der Waals surface area (Å²) in [5.74, 6) is 0.0521. The van der Waals surface area contributed by atoms with Crippen molar-refractivity contribution in [3.63, 3.8) is 0 Å². The quantitative estimate of drug-likeness (QED) is 0.745. The van der Waals surface area contributed by atoms with Crippen LogP contribution in [0.1, 0.15) is 22.6 Å². The molecule has 0 aliphatic carbocycles. The van der Waals surface area contributed by atoms with Crippen LogP contribution in [0.4, 0.5) is 0 Å². The van der Waals surface area contributed by atoms with Crippen LogP contribution in [0, 0.1) is 6.92 Å². The Hall–Kier alpha value is -2.53. The molecular weight excluding hydrogens is 318 g/mol. The van der Waals surface area contributed by atoms with E-state index in [1.165, 1.54) is 5.56 Å². The molecule has 1 N–H and O–H groups in total. The van der Waals surface area contributed by atoms with Gasteiger partial charge < -0.3 is 5.32 Å². The van der Waals surface area contributed by atoms with Gasteiger partial charge in [0.05, 0.1) is 10.7 Å². The van der Waals surface area contributed by atoms with Crippen LogP contribution >= 0.6 is 11.3 Å². The largest absolute Gasteiger partial charge is 0.352 e. The first-order chi connectivity index (χ1) is 11.7. The number of pyridine rings is 1. The number of nitrogens with zero attached hydrogens (tertiary/aromatic N) is 2. The molecule has 24 heavy (non-hydrogen) atoms. The molecule has 4 nitrogen and oxygen atoms in total.